The van der Waals surface area contributed by atoms with Gasteiger partial charge in [0.05, 0.1) is 9.79 Å². The largest absolute Gasteiger partial charge is 0.332 e. The Bertz CT molecular complexity index is 681. The van der Waals surface area contributed by atoms with Gasteiger partial charge in [0.2, 0.25) is 10.0 Å². The summed E-state index contributed by atoms with van der Waals surface area (Å²) in [4.78, 5) is -0.950. The maximum absolute atomic E-state index is 12.9. The van der Waals surface area contributed by atoms with Crippen LogP contribution in [0.3, 0.4) is 0 Å². The lowest BCUT2D eigenvalue weighted by atomic mass is 10.0. The molecule has 0 aliphatic carbocycles. The van der Waals surface area contributed by atoms with E-state index >= 15 is 0 Å². The molecular formula is C12H18FNO4S2. The van der Waals surface area contributed by atoms with Crippen LogP contribution in [-0.2, 0) is 20.2 Å². The van der Waals surface area contributed by atoms with Crippen LogP contribution in [0.15, 0.2) is 34.1 Å². The van der Waals surface area contributed by atoms with Crippen molar-refractivity contribution in [2.24, 2.45) is 0 Å². The monoisotopic (exact) mass is 323 g/mol. The molecule has 1 N–H and O–H groups in total. The maximum atomic E-state index is 12.9. The van der Waals surface area contributed by atoms with E-state index in [-0.39, 0.29) is 4.90 Å². The Balaban J connectivity index is 3.17. The van der Waals surface area contributed by atoms with Gasteiger partial charge in [-0.15, -0.1) is 3.89 Å². The summed E-state index contributed by atoms with van der Waals surface area (Å²) in [5.41, 5.74) is -0.668. The fraction of sp³-hybridized carbons (Fsp3) is 0.500. The highest BCUT2D eigenvalue weighted by Gasteiger charge is 2.26. The van der Waals surface area contributed by atoms with E-state index in [9.17, 15) is 20.7 Å². The molecule has 0 radical (unpaired) electrons. The molecule has 0 heterocycles. The van der Waals surface area contributed by atoms with Crippen molar-refractivity contribution in [1.82, 2.24) is 4.72 Å². The molecule has 0 aromatic heterocycles. The molecule has 1 aromatic carbocycles. The first-order valence-corrected chi connectivity index (χ1v) is 8.93. The number of halogens is 1. The van der Waals surface area contributed by atoms with E-state index in [4.69, 9.17) is 0 Å². The molecule has 20 heavy (non-hydrogen) atoms. The number of hydrogen-bond acceptors (Lipinski definition) is 4. The van der Waals surface area contributed by atoms with Gasteiger partial charge in [0.15, 0.2) is 0 Å². The first-order chi connectivity index (χ1) is 8.98. The average molecular weight is 323 g/mol. The standard InChI is InChI=1S/C12H18FNO4S2/c1-4-8-12(2,3)14-20(17,18)11-7-5-6-10(9-11)19(13,15)16/h5-7,9,14H,4,8H2,1-3H3. The van der Waals surface area contributed by atoms with Gasteiger partial charge in [0.1, 0.15) is 0 Å². The third-order valence-corrected chi connectivity index (χ3v) is 5.20. The van der Waals surface area contributed by atoms with Gasteiger partial charge in [-0.3, -0.25) is 0 Å². The molecule has 1 rings (SSSR count). The van der Waals surface area contributed by atoms with E-state index < -0.39 is 30.7 Å². The van der Waals surface area contributed by atoms with E-state index in [0.717, 1.165) is 18.6 Å². The van der Waals surface area contributed by atoms with Gasteiger partial charge < -0.3 is 0 Å². The van der Waals surface area contributed by atoms with Crippen LogP contribution in [0.4, 0.5) is 3.89 Å². The van der Waals surface area contributed by atoms with Crippen molar-refractivity contribution in [2.75, 3.05) is 0 Å². The molecule has 0 unspecified atom stereocenters. The highest BCUT2D eigenvalue weighted by Crippen LogP contribution is 2.20. The number of rotatable bonds is 6. The fourth-order valence-electron chi connectivity index (χ4n) is 1.89. The molecule has 1 aromatic rings. The molecule has 0 aliphatic heterocycles. The molecule has 5 nitrogen and oxygen atoms in total. The first-order valence-electron chi connectivity index (χ1n) is 6.07. The number of nitrogens with one attached hydrogen (secondary N) is 1. The van der Waals surface area contributed by atoms with E-state index in [0.29, 0.717) is 6.42 Å². The van der Waals surface area contributed by atoms with Crippen LogP contribution in [0.25, 0.3) is 0 Å². The third-order valence-electron chi connectivity index (χ3n) is 2.68. The summed E-state index contributed by atoms with van der Waals surface area (Å²) in [5, 5.41) is 0. The predicted octanol–water partition coefficient (Wildman–Crippen LogP) is 2.20. The predicted molar refractivity (Wildman–Crippen MR) is 74.0 cm³/mol. The summed E-state index contributed by atoms with van der Waals surface area (Å²) in [5.74, 6) is 0. The van der Waals surface area contributed by atoms with Crippen molar-refractivity contribution in [3.8, 4) is 0 Å². The zero-order valence-corrected chi connectivity index (χ0v) is 13.2. The van der Waals surface area contributed by atoms with Crippen molar-refractivity contribution in [3.05, 3.63) is 24.3 Å². The topological polar surface area (TPSA) is 80.3 Å². The van der Waals surface area contributed by atoms with Crippen LogP contribution in [0.5, 0.6) is 0 Å². The third kappa shape index (κ3) is 4.53. The Labute approximate surface area is 119 Å². The Morgan fingerprint density at radius 1 is 1.15 bits per heavy atom. The van der Waals surface area contributed by atoms with Crippen LogP contribution >= 0.6 is 0 Å². The molecular weight excluding hydrogens is 305 g/mol. The molecule has 0 atom stereocenters. The molecule has 0 saturated heterocycles. The molecule has 8 heteroatoms. The van der Waals surface area contributed by atoms with E-state index in [2.05, 4.69) is 4.72 Å². The second kappa shape index (κ2) is 5.79. The minimum Gasteiger partial charge on any atom is -0.207 e. The summed E-state index contributed by atoms with van der Waals surface area (Å²) in [6.07, 6.45) is 1.40. The van der Waals surface area contributed by atoms with Crippen molar-refractivity contribution >= 4 is 20.2 Å². The summed E-state index contributed by atoms with van der Waals surface area (Å²) >= 11 is 0. The molecule has 114 valence electrons. The molecule has 0 spiro atoms. The average Bonchev–Trinajstić information content (AvgIpc) is 2.26. The summed E-state index contributed by atoms with van der Waals surface area (Å²) in [6, 6.07) is 4.22. The normalized spacial score (nSPS) is 13.4. The van der Waals surface area contributed by atoms with Gasteiger partial charge in [-0.05, 0) is 38.5 Å². The lowest BCUT2D eigenvalue weighted by molar-refractivity contribution is 0.417. The molecule has 0 bridgehead atoms. The fourth-order valence-corrected chi connectivity index (χ4v) is 3.96. The SMILES string of the molecule is CCCC(C)(C)NS(=O)(=O)c1cccc(S(=O)(=O)F)c1. The second-order valence-electron chi connectivity index (χ2n) is 5.15. The Hall–Kier alpha value is -0.990. The second-order valence-corrected chi connectivity index (χ2v) is 8.18. The van der Waals surface area contributed by atoms with Gasteiger partial charge in [-0.25, -0.2) is 13.1 Å². The van der Waals surface area contributed by atoms with Crippen molar-refractivity contribution < 1.29 is 20.7 Å². The van der Waals surface area contributed by atoms with E-state index in [1.165, 1.54) is 12.1 Å². The number of hydrogen-bond donors (Lipinski definition) is 1. The van der Waals surface area contributed by atoms with Crippen molar-refractivity contribution in [2.45, 2.75) is 48.9 Å². The summed E-state index contributed by atoms with van der Waals surface area (Å²) in [6.45, 7) is 5.37. The zero-order chi connectivity index (χ0) is 15.6. The Kier molecular flexibility index (Phi) is 4.94. The van der Waals surface area contributed by atoms with Gasteiger partial charge in [0, 0.05) is 5.54 Å². The highest BCUT2D eigenvalue weighted by molar-refractivity contribution is 7.89. The minimum absolute atomic E-state index is 0.277. The van der Waals surface area contributed by atoms with Gasteiger partial charge in [0.25, 0.3) is 0 Å². The van der Waals surface area contributed by atoms with Gasteiger partial charge >= 0.3 is 10.2 Å². The minimum atomic E-state index is -4.93. The highest BCUT2D eigenvalue weighted by atomic mass is 32.3. The quantitative estimate of drug-likeness (QED) is 0.814. The van der Waals surface area contributed by atoms with Gasteiger partial charge in [-0.2, -0.15) is 8.42 Å². The van der Waals surface area contributed by atoms with Crippen LogP contribution < -0.4 is 4.72 Å². The van der Waals surface area contributed by atoms with E-state index in [1.54, 1.807) is 13.8 Å². The summed E-state index contributed by atoms with van der Waals surface area (Å²) < 4.78 is 61.4. The maximum Gasteiger partial charge on any atom is 0.332 e. The van der Waals surface area contributed by atoms with Crippen LogP contribution in [0, 0.1) is 0 Å². The van der Waals surface area contributed by atoms with Crippen LogP contribution in [-0.4, -0.2) is 22.4 Å². The number of benzene rings is 1. The van der Waals surface area contributed by atoms with Crippen LogP contribution in [0.1, 0.15) is 33.6 Å². The lowest BCUT2D eigenvalue weighted by Gasteiger charge is -2.25. The molecule has 0 saturated carbocycles. The first kappa shape index (κ1) is 17.1. The zero-order valence-electron chi connectivity index (χ0n) is 11.6. The lowest BCUT2D eigenvalue weighted by Crippen LogP contribution is -2.43. The molecule has 0 fully saturated rings. The Morgan fingerprint density at radius 2 is 1.70 bits per heavy atom. The van der Waals surface area contributed by atoms with E-state index in [1.807, 2.05) is 6.92 Å². The molecule has 0 aliphatic rings. The smallest absolute Gasteiger partial charge is 0.207 e. The summed E-state index contributed by atoms with van der Waals surface area (Å²) in [7, 11) is -8.84. The van der Waals surface area contributed by atoms with Crippen molar-refractivity contribution in [1.29, 1.82) is 0 Å². The Morgan fingerprint density at radius 3 is 2.20 bits per heavy atom. The number of sulfonamides is 1. The van der Waals surface area contributed by atoms with Crippen LogP contribution in [0.2, 0.25) is 0 Å². The molecule has 0 amide bonds. The van der Waals surface area contributed by atoms with Crippen molar-refractivity contribution in [3.63, 3.8) is 0 Å². The van der Waals surface area contributed by atoms with Gasteiger partial charge in [-0.1, -0.05) is 19.4 Å².